The molecule has 206 valence electrons. The molecule has 1 aromatic heterocycles. The van der Waals surface area contributed by atoms with Gasteiger partial charge >= 0.3 is 11.9 Å². The molecular formula is C34H29NO6. The predicted molar refractivity (Wildman–Crippen MR) is 157 cm³/mol. The molecule has 7 nitrogen and oxygen atoms in total. The van der Waals surface area contributed by atoms with Crippen molar-refractivity contribution in [3.63, 3.8) is 0 Å². The van der Waals surface area contributed by atoms with Crippen LogP contribution < -0.4 is 4.90 Å². The van der Waals surface area contributed by atoms with Gasteiger partial charge in [0.15, 0.2) is 0 Å². The summed E-state index contributed by atoms with van der Waals surface area (Å²) in [6, 6.07) is 27.0. The molecule has 0 saturated carbocycles. The first-order valence-corrected chi connectivity index (χ1v) is 13.4. The smallest absolute Gasteiger partial charge is 0.338 e. The fraction of sp³-hybridized carbons (Fsp3) is 0.147. The van der Waals surface area contributed by atoms with E-state index >= 15 is 0 Å². The molecule has 0 bridgehead atoms. The number of methoxy groups -OCH3 is 1. The van der Waals surface area contributed by atoms with Crippen molar-refractivity contribution in [2.45, 2.75) is 19.8 Å². The number of amides is 1. The number of esters is 2. The van der Waals surface area contributed by atoms with Crippen LogP contribution in [-0.4, -0.2) is 31.6 Å². The number of ether oxygens (including phenoxy) is 2. The van der Waals surface area contributed by atoms with Crippen LogP contribution in [0.15, 0.2) is 107 Å². The molecule has 0 radical (unpaired) electrons. The van der Waals surface area contributed by atoms with E-state index in [1.807, 2.05) is 49.4 Å². The summed E-state index contributed by atoms with van der Waals surface area (Å²) >= 11 is 0. The third-order valence-electron chi connectivity index (χ3n) is 6.66. The Morgan fingerprint density at radius 2 is 1.51 bits per heavy atom. The lowest BCUT2D eigenvalue weighted by molar-refractivity contribution is -0.113. The summed E-state index contributed by atoms with van der Waals surface area (Å²) in [6.45, 7) is 2.41. The van der Waals surface area contributed by atoms with Crippen LogP contribution in [-0.2, 0) is 14.3 Å². The summed E-state index contributed by atoms with van der Waals surface area (Å²) in [5, 5.41) is 0. The zero-order valence-corrected chi connectivity index (χ0v) is 22.8. The minimum Gasteiger partial charge on any atom is -0.465 e. The first-order chi connectivity index (χ1) is 20.0. The number of furan rings is 1. The van der Waals surface area contributed by atoms with E-state index in [0.717, 1.165) is 24.0 Å². The predicted octanol–water partition coefficient (Wildman–Crippen LogP) is 7.16. The number of unbranched alkanes of at least 4 members (excludes halogenated alkanes) is 1. The van der Waals surface area contributed by atoms with Gasteiger partial charge in [0.25, 0.3) is 5.91 Å². The Kier molecular flexibility index (Phi) is 8.25. The van der Waals surface area contributed by atoms with E-state index in [1.165, 1.54) is 7.11 Å². The van der Waals surface area contributed by atoms with Crippen LogP contribution in [0, 0.1) is 0 Å². The summed E-state index contributed by atoms with van der Waals surface area (Å²) in [5.74, 6) is 0.0989. The normalized spacial score (nSPS) is 13.8. The van der Waals surface area contributed by atoms with Gasteiger partial charge in [0.2, 0.25) is 0 Å². The lowest BCUT2D eigenvalue weighted by Gasteiger charge is -2.21. The molecule has 1 aliphatic heterocycles. The highest BCUT2D eigenvalue weighted by Gasteiger charge is 2.31. The van der Waals surface area contributed by atoms with E-state index in [1.54, 1.807) is 65.6 Å². The molecule has 2 heterocycles. The van der Waals surface area contributed by atoms with E-state index in [2.05, 4.69) is 0 Å². The van der Waals surface area contributed by atoms with Crippen LogP contribution in [0.2, 0.25) is 0 Å². The number of hydrogen-bond acceptors (Lipinski definition) is 6. The Hall–Kier alpha value is -5.17. The van der Waals surface area contributed by atoms with E-state index in [0.29, 0.717) is 46.2 Å². The molecular weight excluding hydrogens is 518 g/mol. The Labute approximate surface area is 238 Å². The van der Waals surface area contributed by atoms with Gasteiger partial charge in [-0.15, -0.1) is 0 Å². The Bertz CT molecular complexity index is 1610. The highest BCUT2D eigenvalue weighted by Crippen LogP contribution is 2.36. The van der Waals surface area contributed by atoms with Crippen molar-refractivity contribution < 1.29 is 28.3 Å². The molecule has 0 spiro atoms. The van der Waals surface area contributed by atoms with Crippen molar-refractivity contribution in [3.8, 4) is 11.3 Å². The van der Waals surface area contributed by atoms with Crippen molar-refractivity contribution in [1.82, 2.24) is 0 Å². The van der Waals surface area contributed by atoms with Gasteiger partial charge in [0, 0.05) is 16.8 Å². The third-order valence-corrected chi connectivity index (χ3v) is 6.66. The number of anilines is 1. The number of benzene rings is 3. The van der Waals surface area contributed by atoms with Crippen molar-refractivity contribution in [3.05, 3.63) is 125 Å². The minimum absolute atomic E-state index is 0.220. The van der Waals surface area contributed by atoms with Crippen LogP contribution in [0.4, 0.5) is 5.69 Å². The van der Waals surface area contributed by atoms with E-state index in [4.69, 9.17) is 13.9 Å². The quantitative estimate of drug-likeness (QED) is 0.126. The van der Waals surface area contributed by atoms with Gasteiger partial charge in [-0.2, -0.15) is 0 Å². The van der Waals surface area contributed by atoms with Gasteiger partial charge in [-0.1, -0.05) is 55.8 Å². The number of hydrogen-bond donors (Lipinski definition) is 0. The zero-order chi connectivity index (χ0) is 28.8. The van der Waals surface area contributed by atoms with Crippen molar-refractivity contribution in [2.24, 2.45) is 0 Å². The Morgan fingerprint density at radius 3 is 2.20 bits per heavy atom. The molecule has 3 aromatic carbocycles. The highest BCUT2D eigenvalue weighted by molar-refractivity contribution is 6.23. The van der Waals surface area contributed by atoms with Gasteiger partial charge < -0.3 is 13.9 Å². The van der Waals surface area contributed by atoms with Crippen LogP contribution in [0.5, 0.6) is 0 Å². The zero-order valence-electron chi connectivity index (χ0n) is 22.8. The standard InChI is InChI=1S/C34H29NO6/c1-3-4-20-40-34(38)26-14-16-28(17-15-26)35-30(23-8-6-5-7-9-23)22-27(32(35)36)21-29-18-19-31(41-29)24-10-12-25(13-11-24)33(37)39-2/h5-19,21-22H,3-4,20H2,1-2H3/b27-21+. The van der Waals surface area contributed by atoms with Crippen LogP contribution in [0.3, 0.4) is 0 Å². The van der Waals surface area contributed by atoms with E-state index < -0.39 is 5.97 Å². The maximum absolute atomic E-state index is 13.7. The molecule has 5 rings (SSSR count). The first-order valence-electron chi connectivity index (χ1n) is 13.4. The number of carbonyl (C=O) groups excluding carboxylic acids is 3. The lowest BCUT2D eigenvalue weighted by atomic mass is 10.1. The molecule has 0 atom stereocenters. The molecule has 1 amide bonds. The van der Waals surface area contributed by atoms with Crippen LogP contribution in [0.1, 0.15) is 51.8 Å². The summed E-state index contributed by atoms with van der Waals surface area (Å²) in [6.07, 6.45) is 5.29. The average molecular weight is 548 g/mol. The topological polar surface area (TPSA) is 86.0 Å². The second-order valence-electron chi connectivity index (χ2n) is 9.44. The average Bonchev–Trinajstić information content (AvgIpc) is 3.62. The van der Waals surface area contributed by atoms with Crippen molar-refractivity contribution in [2.75, 3.05) is 18.6 Å². The largest absolute Gasteiger partial charge is 0.465 e. The molecule has 4 aromatic rings. The fourth-order valence-corrected chi connectivity index (χ4v) is 4.46. The van der Waals surface area contributed by atoms with E-state index in [9.17, 15) is 14.4 Å². The van der Waals surface area contributed by atoms with E-state index in [-0.39, 0.29) is 11.9 Å². The van der Waals surface area contributed by atoms with Gasteiger partial charge in [0.1, 0.15) is 11.5 Å². The molecule has 41 heavy (non-hydrogen) atoms. The second-order valence-corrected chi connectivity index (χ2v) is 9.44. The number of rotatable bonds is 9. The summed E-state index contributed by atoms with van der Waals surface area (Å²) in [7, 11) is 1.34. The molecule has 0 unspecified atom stereocenters. The highest BCUT2D eigenvalue weighted by atomic mass is 16.5. The fourth-order valence-electron chi connectivity index (χ4n) is 4.46. The molecule has 0 N–H and O–H groups in total. The number of carbonyl (C=O) groups is 3. The van der Waals surface area contributed by atoms with Gasteiger partial charge in [-0.05, 0) is 72.7 Å². The second kappa shape index (κ2) is 12.3. The molecule has 0 fully saturated rings. The monoisotopic (exact) mass is 547 g/mol. The SMILES string of the molecule is CCCCOC(=O)c1ccc(N2C(=O)/C(=C/c3ccc(-c4ccc(C(=O)OC)cc4)o3)C=C2c2ccccc2)cc1. The Morgan fingerprint density at radius 1 is 0.829 bits per heavy atom. The summed E-state index contributed by atoms with van der Waals surface area (Å²) in [4.78, 5) is 39.4. The third kappa shape index (κ3) is 6.04. The lowest BCUT2D eigenvalue weighted by Crippen LogP contribution is -2.25. The molecule has 7 heteroatoms. The van der Waals surface area contributed by atoms with Gasteiger partial charge in [-0.25, -0.2) is 9.59 Å². The molecule has 1 aliphatic rings. The summed E-state index contributed by atoms with van der Waals surface area (Å²) < 4.78 is 16.1. The van der Waals surface area contributed by atoms with Gasteiger partial charge in [-0.3, -0.25) is 9.69 Å². The van der Waals surface area contributed by atoms with Crippen LogP contribution in [0.25, 0.3) is 23.1 Å². The van der Waals surface area contributed by atoms with Gasteiger partial charge in [0.05, 0.1) is 30.5 Å². The maximum Gasteiger partial charge on any atom is 0.338 e. The van der Waals surface area contributed by atoms with Crippen molar-refractivity contribution in [1.29, 1.82) is 0 Å². The number of nitrogens with zero attached hydrogens (tertiary/aromatic N) is 1. The minimum atomic E-state index is -0.409. The molecule has 0 saturated heterocycles. The van der Waals surface area contributed by atoms with Crippen LogP contribution >= 0.6 is 0 Å². The summed E-state index contributed by atoms with van der Waals surface area (Å²) in [5.41, 5.74) is 4.33. The van der Waals surface area contributed by atoms with Crippen molar-refractivity contribution >= 4 is 35.3 Å². The first kappa shape index (κ1) is 27.4. The maximum atomic E-state index is 13.7. The molecule has 0 aliphatic carbocycles. The Balaban J connectivity index is 1.42.